The average molecular weight is 391 g/mol. The fourth-order valence-corrected chi connectivity index (χ4v) is 4.46. The van der Waals surface area contributed by atoms with Gasteiger partial charge in [-0.15, -0.1) is 0 Å². The summed E-state index contributed by atoms with van der Waals surface area (Å²) >= 11 is 1.41. The first kappa shape index (κ1) is 17.1. The van der Waals surface area contributed by atoms with Crippen LogP contribution in [0.25, 0.3) is 21.5 Å². The second-order valence-electron chi connectivity index (χ2n) is 6.72. The van der Waals surface area contributed by atoms with Crippen molar-refractivity contribution in [2.75, 3.05) is 36.0 Å². The van der Waals surface area contributed by atoms with Gasteiger partial charge in [-0.05, 0) is 47.9 Å². The number of aromatic nitrogens is 3. The topological polar surface area (TPSA) is 45.2 Å². The van der Waals surface area contributed by atoms with E-state index in [9.17, 15) is 4.39 Å². The van der Waals surface area contributed by atoms with Gasteiger partial charge in [0.15, 0.2) is 5.82 Å². The highest BCUT2D eigenvalue weighted by Gasteiger charge is 2.22. The highest BCUT2D eigenvalue weighted by atomic mass is 32.1. The molecule has 0 spiro atoms. The molecule has 2 aromatic carbocycles. The van der Waals surface area contributed by atoms with Crippen LogP contribution in [0.4, 0.5) is 15.9 Å². The Balaban J connectivity index is 1.42. The van der Waals surface area contributed by atoms with E-state index in [4.69, 9.17) is 0 Å². The molecule has 0 atom stereocenters. The predicted octanol–water partition coefficient (Wildman–Crippen LogP) is 4.22. The molecule has 5 rings (SSSR count). The lowest BCUT2D eigenvalue weighted by Gasteiger charge is -2.36. The summed E-state index contributed by atoms with van der Waals surface area (Å²) in [5.74, 6) is 0.679. The van der Waals surface area contributed by atoms with E-state index in [2.05, 4.69) is 48.4 Å². The monoisotopic (exact) mass is 391 g/mol. The second kappa shape index (κ2) is 7.16. The van der Waals surface area contributed by atoms with Crippen LogP contribution in [0.15, 0.2) is 60.9 Å². The van der Waals surface area contributed by atoms with Gasteiger partial charge in [0.1, 0.15) is 28.1 Å². The molecule has 1 saturated heterocycles. The highest BCUT2D eigenvalue weighted by Crippen LogP contribution is 2.34. The first-order valence-electron chi connectivity index (χ1n) is 9.21. The molecule has 4 aromatic rings. The quantitative estimate of drug-likeness (QED) is 0.523. The van der Waals surface area contributed by atoms with E-state index >= 15 is 0 Å². The van der Waals surface area contributed by atoms with Crippen molar-refractivity contribution in [1.82, 2.24) is 14.3 Å². The predicted molar refractivity (Wildman–Crippen MR) is 111 cm³/mol. The van der Waals surface area contributed by atoms with Crippen LogP contribution >= 0.6 is 11.5 Å². The van der Waals surface area contributed by atoms with Gasteiger partial charge in [0.05, 0.1) is 0 Å². The van der Waals surface area contributed by atoms with E-state index < -0.39 is 0 Å². The van der Waals surface area contributed by atoms with Crippen molar-refractivity contribution >= 4 is 33.3 Å². The number of hydrogen-bond donors (Lipinski definition) is 0. The molecule has 0 bridgehead atoms. The molecule has 28 heavy (non-hydrogen) atoms. The highest BCUT2D eigenvalue weighted by molar-refractivity contribution is 7.14. The maximum Gasteiger partial charge on any atom is 0.151 e. The molecule has 0 radical (unpaired) electrons. The molecule has 1 fully saturated rings. The van der Waals surface area contributed by atoms with Crippen molar-refractivity contribution in [1.29, 1.82) is 0 Å². The van der Waals surface area contributed by atoms with Crippen molar-refractivity contribution in [2.24, 2.45) is 0 Å². The van der Waals surface area contributed by atoms with Gasteiger partial charge in [0, 0.05) is 37.4 Å². The lowest BCUT2D eigenvalue weighted by molar-refractivity contribution is 0.628. The SMILES string of the molecule is Fc1ccc(-c2nsc3c(N4CCN(c5ccccc5)CC4)ncnc23)cc1. The second-order valence-corrected chi connectivity index (χ2v) is 7.50. The Morgan fingerprint density at radius 2 is 1.54 bits per heavy atom. The number of hydrogen-bond acceptors (Lipinski definition) is 6. The van der Waals surface area contributed by atoms with Crippen LogP contribution in [0.1, 0.15) is 0 Å². The van der Waals surface area contributed by atoms with Crippen LogP contribution < -0.4 is 9.80 Å². The molecular weight excluding hydrogens is 373 g/mol. The maximum atomic E-state index is 13.2. The molecule has 3 heterocycles. The van der Waals surface area contributed by atoms with Crippen LogP contribution in [0.2, 0.25) is 0 Å². The summed E-state index contributed by atoms with van der Waals surface area (Å²) in [6.07, 6.45) is 1.60. The van der Waals surface area contributed by atoms with E-state index in [1.54, 1.807) is 18.5 Å². The number of fused-ring (bicyclic) bond motifs is 1. The molecule has 7 heteroatoms. The molecule has 1 aliphatic heterocycles. The molecule has 140 valence electrons. The van der Waals surface area contributed by atoms with Gasteiger partial charge in [-0.1, -0.05) is 18.2 Å². The van der Waals surface area contributed by atoms with Crippen LogP contribution in [0.5, 0.6) is 0 Å². The van der Waals surface area contributed by atoms with Gasteiger partial charge >= 0.3 is 0 Å². The van der Waals surface area contributed by atoms with Crippen LogP contribution in [-0.2, 0) is 0 Å². The smallest absolute Gasteiger partial charge is 0.151 e. The van der Waals surface area contributed by atoms with Crippen LogP contribution in [0.3, 0.4) is 0 Å². The Kier molecular flexibility index (Phi) is 4.37. The van der Waals surface area contributed by atoms with E-state index in [1.807, 2.05) is 6.07 Å². The van der Waals surface area contributed by atoms with E-state index in [1.165, 1.54) is 29.4 Å². The van der Waals surface area contributed by atoms with Crippen molar-refractivity contribution in [3.8, 4) is 11.3 Å². The zero-order valence-electron chi connectivity index (χ0n) is 15.1. The number of para-hydroxylation sites is 1. The minimum Gasteiger partial charge on any atom is -0.368 e. The van der Waals surface area contributed by atoms with E-state index in [0.29, 0.717) is 0 Å². The molecule has 0 unspecified atom stereocenters. The summed E-state index contributed by atoms with van der Waals surface area (Å²) in [4.78, 5) is 13.7. The van der Waals surface area contributed by atoms with Crippen molar-refractivity contribution in [2.45, 2.75) is 0 Å². The fourth-order valence-electron chi connectivity index (χ4n) is 3.59. The first-order valence-corrected chi connectivity index (χ1v) is 9.98. The number of benzene rings is 2. The molecular formula is C21H18FN5S. The molecule has 0 saturated carbocycles. The summed E-state index contributed by atoms with van der Waals surface area (Å²) < 4.78 is 18.8. The number of rotatable bonds is 3. The lowest BCUT2D eigenvalue weighted by atomic mass is 10.1. The molecule has 2 aromatic heterocycles. The number of anilines is 2. The number of piperazine rings is 1. The van der Waals surface area contributed by atoms with Gasteiger partial charge in [0.25, 0.3) is 0 Å². The van der Waals surface area contributed by atoms with Crippen LogP contribution in [-0.4, -0.2) is 40.5 Å². The Hall–Kier alpha value is -3.06. The van der Waals surface area contributed by atoms with Crippen molar-refractivity contribution in [3.05, 3.63) is 66.7 Å². The fraction of sp³-hybridized carbons (Fsp3) is 0.190. The number of nitrogens with zero attached hydrogens (tertiary/aromatic N) is 5. The van der Waals surface area contributed by atoms with Gasteiger partial charge in [-0.25, -0.2) is 14.4 Å². The Morgan fingerprint density at radius 1 is 0.821 bits per heavy atom. The summed E-state index contributed by atoms with van der Waals surface area (Å²) in [6.45, 7) is 3.67. The van der Waals surface area contributed by atoms with Crippen molar-refractivity contribution < 1.29 is 4.39 Å². The lowest BCUT2D eigenvalue weighted by Crippen LogP contribution is -2.46. The third kappa shape index (κ3) is 3.07. The summed E-state index contributed by atoms with van der Waals surface area (Å²) in [7, 11) is 0. The van der Waals surface area contributed by atoms with Gasteiger partial charge in [0.2, 0.25) is 0 Å². The summed E-state index contributed by atoms with van der Waals surface area (Å²) in [5, 5.41) is 0. The average Bonchev–Trinajstić information content (AvgIpc) is 3.19. The van der Waals surface area contributed by atoms with Gasteiger partial charge in [-0.2, -0.15) is 4.37 Å². The van der Waals surface area contributed by atoms with Gasteiger partial charge < -0.3 is 9.80 Å². The Labute approximate surface area is 166 Å². The third-order valence-corrected chi connectivity index (χ3v) is 5.89. The molecule has 1 aliphatic rings. The molecule has 0 N–H and O–H groups in total. The van der Waals surface area contributed by atoms with Crippen LogP contribution in [0, 0.1) is 5.82 Å². The molecule has 5 nitrogen and oxygen atoms in total. The third-order valence-electron chi connectivity index (χ3n) is 5.06. The summed E-state index contributed by atoms with van der Waals surface area (Å²) in [5.41, 5.74) is 3.73. The summed E-state index contributed by atoms with van der Waals surface area (Å²) in [6, 6.07) is 16.9. The van der Waals surface area contributed by atoms with Gasteiger partial charge in [-0.3, -0.25) is 0 Å². The van der Waals surface area contributed by atoms with E-state index in [-0.39, 0.29) is 5.82 Å². The molecule has 0 aliphatic carbocycles. The maximum absolute atomic E-state index is 13.2. The minimum atomic E-state index is -0.255. The Morgan fingerprint density at radius 3 is 2.29 bits per heavy atom. The zero-order valence-corrected chi connectivity index (χ0v) is 15.9. The largest absolute Gasteiger partial charge is 0.368 e. The normalized spacial score (nSPS) is 14.6. The van der Waals surface area contributed by atoms with Crippen molar-refractivity contribution in [3.63, 3.8) is 0 Å². The minimum absolute atomic E-state index is 0.255. The number of halogens is 1. The molecule has 0 amide bonds. The van der Waals surface area contributed by atoms with E-state index in [0.717, 1.165) is 53.5 Å². The zero-order chi connectivity index (χ0) is 18.9. The Bertz CT molecular complexity index is 1090. The first-order chi connectivity index (χ1) is 13.8. The standard InChI is InChI=1S/C21H18FN5S/c22-16-8-6-15(7-9-16)18-19-20(28-25-18)21(24-14-23-19)27-12-10-26(11-13-27)17-4-2-1-3-5-17/h1-9,14H,10-13H2.